The van der Waals surface area contributed by atoms with Crippen LogP contribution in [0, 0.1) is 0 Å². The van der Waals surface area contributed by atoms with Gasteiger partial charge in [0.05, 0.1) is 52.4 Å². The average molecular weight is 411 g/mol. The lowest BCUT2D eigenvalue weighted by Crippen LogP contribution is -3.16. The van der Waals surface area contributed by atoms with Gasteiger partial charge >= 0.3 is 0 Å². The highest BCUT2D eigenvalue weighted by molar-refractivity contribution is 5.77. The van der Waals surface area contributed by atoms with E-state index in [1.807, 2.05) is 12.1 Å². The van der Waals surface area contributed by atoms with Gasteiger partial charge in [-0.2, -0.15) is 0 Å². The van der Waals surface area contributed by atoms with Crippen molar-refractivity contribution in [2.24, 2.45) is 0 Å². The van der Waals surface area contributed by atoms with E-state index in [9.17, 15) is 4.79 Å². The van der Waals surface area contributed by atoms with E-state index in [0.29, 0.717) is 12.6 Å². The summed E-state index contributed by atoms with van der Waals surface area (Å²) in [5.74, 6) is 1.09. The molecule has 0 saturated carbocycles. The first kappa shape index (κ1) is 20.7. The van der Waals surface area contributed by atoms with Crippen LogP contribution < -0.4 is 24.8 Å². The largest absolute Gasteiger partial charge is 0.497 e. The molecule has 160 valence electrons. The summed E-state index contributed by atoms with van der Waals surface area (Å²) in [6.07, 6.45) is 1.08. The molecule has 1 amide bonds. The molecule has 6 nitrogen and oxygen atoms in total. The third-order valence-electron chi connectivity index (χ3n) is 6.36. The van der Waals surface area contributed by atoms with E-state index in [0.717, 1.165) is 58.0 Å². The summed E-state index contributed by atoms with van der Waals surface area (Å²) in [5, 5.41) is 3.29. The van der Waals surface area contributed by atoms with E-state index in [4.69, 9.17) is 4.74 Å². The highest BCUT2D eigenvalue weighted by Crippen LogP contribution is 2.18. The molecule has 2 aliphatic heterocycles. The molecule has 0 aromatic heterocycles. The lowest BCUT2D eigenvalue weighted by atomic mass is 10.2. The van der Waals surface area contributed by atoms with E-state index in [1.54, 1.807) is 12.0 Å². The zero-order valence-corrected chi connectivity index (χ0v) is 17.9. The predicted molar refractivity (Wildman–Crippen MR) is 118 cm³/mol. The van der Waals surface area contributed by atoms with E-state index in [1.165, 1.54) is 16.2 Å². The van der Waals surface area contributed by atoms with Crippen molar-refractivity contribution in [3.8, 4) is 5.75 Å². The Kier molecular flexibility index (Phi) is 6.87. The Labute approximate surface area is 179 Å². The van der Waals surface area contributed by atoms with E-state index in [-0.39, 0.29) is 5.91 Å². The van der Waals surface area contributed by atoms with E-state index in [2.05, 4.69) is 52.7 Å². The molecule has 0 radical (unpaired) electrons. The molecule has 1 unspecified atom stereocenters. The van der Waals surface area contributed by atoms with Gasteiger partial charge in [0, 0.05) is 17.7 Å². The Bertz CT molecular complexity index is 804. The van der Waals surface area contributed by atoms with E-state index < -0.39 is 0 Å². The topological polar surface area (TPSA) is 50.5 Å². The van der Waals surface area contributed by atoms with Gasteiger partial charge in [0.1, 0.15) is 12.3 Å². The maximum Gasteiger partial charge on any atom is 0.275 e. The van der Waals surface area contributed by atoms with Gasteiger partial charge in [0.25, 0.3) is 5.91 Å². The monoisotopic (exact) mass is 410 g/mol. The molecule has 2 saturated heterocycles. The summed E-state index contributed by atoms with van der Waals surface area (Å²) in [7, 11) is 1.69. The molecule has 0 bridgehead atoms. The number of benzene rings is 2. The third kappa shape index (κ3) is 5.52. The molecule has 2 fully saturated rings. The zero-order chi connectivity index (χ0) is 20.8. The minimum absolute atomic E-state index is 0.203. The van der Waals surface area contributed by atoms with Crippen LogP contribution in [0.2, 0.25) is 0 Å². The number of likely N-dealkylation sites (tertiary alicyclic amines) is 1. The molecule has 2 atom stereocenters. The molecular formula is C24H34N4O2+2. The molecule has 3 N–H and O–H groups in total. The van der Waals surface area contributed by atoms with Crippen LogP contribution in [-0.4, -0.2) is 64.9 Å². The maximum atomic E-state index is 12.6. The number of quaternary nitrogens is 2. The van der Waals surface area contributed by atoms with Crippen molar-refractivity contribution < 1.29 is 19.3 Å². The summed E-state index contributed by atoms with van der Waals surface area (Å²) in [6, 6.07) is 19.2. The number of ether oxygens (including phenoxy) is 1. The fourth-order valence-corrected chi connectivity index (χ4v) is 4.66. The van der Waals surface area contributed by atoms with Gasteiger partial charge in [0.2, 0.25) is 0 Å². The first-order chi connectivity index (χ1) is 14.7. The number of hydrogen-bond donors (Lipinski definition) is 3. The number of amides is 1. The van der Waals surface area contributed by atoms with Crippen molar-refractivity contribution in [1.29, 1.82) is 0 Å². The lowest BCUT2D eigenvalue weighted by molar-refractivity contribution is -0.901. The number of rotatable bonds is 7. The zero-order valence-electron chi connectivity index (χ0n) is 17.9. The van der Waals surface area contributed by atoms with Gasteiger partial charge in [-0.05, 0) is 24.3 Å². The van der Waals surface area contributed by atoms with Crippen LogP contribution in [0.1, 0.15) is 12.0 Å². The van der Waals surface area contributed by atoms with E-state index >= 15 is 0 Å². The van der Waals surface area contributed by atoms with Crippen molar-refractivity contribution in [2.75, 3.05) is 57.8 Å². The fourth-order valence-electron chi connectivity index (χ4n) is 4.66. The average Bonchev–Trinajstić information content (AvgIpc) is 3.21. The van der Waals surface area contributed by atoms with Gasteiger partial charge in [-0.1, -0.05) is 30.3 Å². The fraction of sp³-hybridized carbons (Fsp3) is 0.458. The van der Waals surface area contributed by atoms with Gasteiger partial charge in [-0.3, -0.25) is 4.79 Å². The predicted octanol–water partition coefficient (Wildman–Crippen LogP) is -0.626. The molecule has 2 aliphatic rings. The number of anilines is 1. The number of methoxy groups -OCH3 is 1. The van der Waals surface area contributed by atoms with Crippen LogP contribution in [-0.2, 0) is 11.3 Å². The van der Waals surface area contributed by atoms with Crippen LogP contribution >= 0.6 is 0 Å². The Morgan fingerprint density at radius 2 is 1.77 bits per heavy atom. The number of nitrogens with one attached hydrogen (secondary N) is 3. The van der Waals surface area contributed by atoms with Crippen LogP contribution in [0.25, 0.3) is 0 Å². The van der Waals surface area contributed by atoms with Gasteiger partial charge in [-0.25, -0.2) is 0 Å². The molecular weight excluding hydrogens is 376 g/mol. The van der Waals surface area contributed by atoms with Crippen LogP contribution in [0.3, 0.4) is 0 Å². The highest BCUT2D eigenvalue weighted by Gasteiger charge is 2.29. The normalized spacial score (nSPS) is 22.1. The third-order valence-corrected chi connectivity index (χ3v) is 6.36. The van der Waals surface area contributed by atoms with Gasteiger partial charge in [0.15, 0.2) is 6.54 Å². The van der Waals surface area contributed by atoms with Crippen molar-refractivity contribution >= 4 is 11.6 Å². The highest BCUT2D eigenvalue weighted by atomic mass is 16.5. The number of piperazine rings is 1. The molecule has 6 heteroatoms. The molecule has 2 aromatic carbocycles. The second kappa shape index (κ2) is 9.96. The summed E-state index contributed by atoms with van der Waals surface area (Å²) >= 11 is 0. The van der Waals surface area contributed by atoms with Crippen LogP contribution in [0.15, 0.2) is 54.6 Å². The molecule has 0 aliphatic carbocycles. The Balaban J connectivity index is 1.17. The van der Waals surface area contributed by atoms with Crippen LogP contribution in [0.4, 0.5) is 5.69 Å². The molecule has 0 spiro atoms. The first-order valence-corrected chi connectivity index (χ1v) is 11.1. The van der Waals surface area contributed by atoms with Crippen molar-refractivity contribution in [3.63, 3.8) is 0 Å². The van der Waals surface area contributed by atoms with Gasteiger partial charge in [-0.15, -0.1) is 0 Å². The molecule has 4 rings (SSSR count). The quantitative estimate of drug-likeness (QED) is 0.570. The SMILES string of the molecule is COc1ccc(N2CC[NH+](CC(=O)N[C@@H]3CC[NH+](Cc4ccccc4)C3)CC2)cc1. The van der Waals surface area contributed by atoms with Crippen molar-refractivity contribution in [3.05, 3.63) is 60.2 Å². The number of carbonyl (C=O) groups excluding carboxylic acids is 1. The number of carbonyl (C=O) groups is 1. The Morgan fingerprint density at radius 3 is 2.47 bits per heavy atom. The molecule has 30 heavy (non-hydrogen) atoms. The minimum atomic E-state index is 0.203. The van der Waals surface area contributed by atoms with Crippen molar-refractivity contribution in [1.82, 2.24) is 5.32 Å². The summed E-state index contributed by atoms with van der Waals surface area (Å²) in [6.45, 7) is 7.74. The van der Waals surface area contributed by atoms with Gasteiger partial charge < -0.3 is 24.8 Å². The smallest absolute Gasteiger partial charge is 0.275 e. The second-order valence-electron chi connectivity index (χ2n) is 8.53. The molecule has 2 heterocycles. The van der Waals surface area contributed by atoms with Crippen LogP contribution in [0.5, 0.6) is 5.75 Å². The molecule has 2 aromatic rings. The Morgan fingerprint density at radius 1 is 1.03 bits per heavy atom. The van der Waals surface area contributed by atoms with Crippen molar-refractivity contribution in [2.45, 2.75) is 19.0 Å². The maximum absolute atomic E-state index is 12.6. The standard InChI is InChI=1S/C24H32N4O2/c1-30-23-9-7-22(8-10-23)28-15-13-26(14-16-28)19-24(29)25-21-11-12-27(18-21)17-20-5-3-2-4-6-20/h2-10,21H,11-19H2,1H3,(H,25,29)/p+2/t21-/m1/s1. The summed E-state index contributed by atoms with van der Waals surface area (Å²) in [4.78, 5) is 17.9. The Hall–Kier alpha value is -2.57. The first-order valence-electron chi connectivity index (χ1n) is 11.1. The summed E-state index contributed by atoms with van der Waals surface area (Å²) in [5.41, 5.74) is 2.60. The number of hydrogen-bond acceptors (Lipinski definition) is 3. The summed E-state index contributed by atoms with van der Waals surface area (Å²) < 4.78 is 5.24. The lowest BCUT2D eigenvalue weighted by Gasteiger charge is -2.33. The number of nitrogens with zero attached hydrogens (tertiary/aromatic N) is 1. The minimum Gasteiger partial charge on any atom is -0.497 e. The second-order valence-corrected chi connectivity index (χ2v) is 8.53.